The third kappa shape index (κ3) is 5.47. The number of ether oxygens (including phenoxy) is 3. The number of esters is 1. The number of phenols is 1. The number of aromatic hydroxyl groups is 1. The van der Waals surface area contributed by atoms with Gasteiger partial charge in [-0.2, -0.15) is 0 Å². The van der Waals surface area contributed by atoms with Crippen molar-refractivity contribution in [2.24, 2.45) is 5.92 Å². The molecule has 2 aliphatic rings. The van der Waals surface area contributed by atoms with Crippen LogP contribution in [0.25, 0.3) is 0 Å². The summed E-state index contributed by atoms with van der Waals surface area (Å²) in [6.45, 7) is 4.43. The highest BCUT2D eigenvalue weighted by molar-refractivity contribution is 5.69. The number of nitrogens with zero attached hydrogens (tertiary/aromatic N) is 2. The van der Waals surface area contributed by atoms with E-state index in [1.54, 1.807) is 20.3 Å². The van der Waals surface area contributed by atoms with Gasteiger partial charge in [-0.05, 0) is 61.1 Å². The maximum atomic E-state index is 11.9. The van der Waals surface area contributed by atoms with Crippen LogP contribution in [0, 0.1) is 5.92 Å². The highest BCUT2D eigenvalue weighted by atomic mass is 16.5. The molecule has 2 atom stereocenters. The van der Waals surface area contributed by atoms with Crippen LogP contribution in [-0.2, 0) is 29.0 Å². The van der Waals surface area contributed by atoms with Crippen LogP contribution in [0.15, 0.2) is 36.4 Å². The number of hydrogen-bond acceptors (Lipinski definition) is 7. The summed E-state index contributed by atoms with van der Waals surface area (Å²) in [4.78, 5) is 16.9. The van der Waals surface area contributed by atoms with Gasteiger partial charge in [-0.1, -0.05) is 18.2 Å². The van der Waals surface area contributed by atoms with Crippen molar-refractivity contribution in [3.8, 4) is 17.2 Å². The molecular weight excluding hydrogens is 432 g/mol. The molecule has 34 heavy (non-hydrogen) atoms. The number of methoxy groups -OCH3 is 3. The van der Waals surface area contributed by atoms with Crippen LogP contribution in [0.1, 0.15) is 36.0 Å². The van der Waals surface area contributed by atoms with Gasteiger partial charge in [0.1, 0.15) is 5.75 Å². The maximum absolute atomic E-state index is 11.9. The van der Waals surface area contributed by atoms with Gasteiger partial charge in [0, 0.05) is 44.2 Å². The second-order valence-electron chi connectivity index (χ2n) is 9.29. The van der Waals surface area contributed by atoms with Crippen molar-refractivity contribution < 1.29 is 24.1 Å². The quantitative estimate of drug-likeness (QED) is 0.594. The molecule has 2 aromatic rings. The Morgan fingerprint density at radius 1 is 1.06 bits per heavy atom. The molecule has 7 heteroatoms. The van der Waals surface area contributed by atoms with Crippen LogP contribution in [-0.4, -0.2) is 67.9 Å². The maximum Gasteiger partial charge on any atom is 0.305 e. The van der Waals surface area contributed by atoms with Gasteiger partial charge in [0.2, 0.25) is 0 Å². The molecule has 184 valence electrons. The number of rotatable bonds is 8. The van der Waals surface area contributed by atoms with Gasteiger partial charge in [-0.15, -0.1) is 0 Å². The van der Waals surface area contributed by atoms with Crippen molar-refractivity contribution in [1.82, 2.24) is 9.80 Å². The molecule has 0 bridgehead atoms. The van der Waals surface area contributed by atoms with Gasteiger partial charge in [-0.3, -0.25) is 14.6 Å². The van der Waals surface area contributed by atoms with E-state index in [-0.39, 0.29) is 5.97 Å². The van der Waals surface area contributed by atoms with Gasteiger partial charge in [0.15, 0.2) is 11.5 Å². The van der Waals surface area contributed by atoms with E-state index < -0.39 is 0 Å². The number of para-hydroxylation sites is 1. The molecule has 0 unspecified atom stereocenters. The third-order valence-corrected chi connectivity index (χ3v) is 7.33. The Hall–Kier alpha value is -2.77. The Balaban J connectivity index is 1.49. The molecular formula is C27H36N2O5. The van der Waals surface area contributed by atoms with Crippen molar-refractivity contribution in [3.05, 3.63) is 53.1 Å². The summed E-state index contributed by atoms with van der Waals surface area (Å²) in [6.07, 6.45) is 3.22. The molecule has 0 aliphatic carbocycles. The predicted octanol–water partition coefficient (Wildman–Crippen LogP) is 3.61. The minimum Gasteiger partial charge on any atom is -0.508 e. The van der Waals surface area contributed by atoms with Gasteiger partial charge in [0.25, 0.3) is 0 Å². The first-order valence-corrected chi connectivity index (χ1v) is 12.1. The summed E-state index contributed by atoms with van der Waals surface area (Å²) >= 11 is 0. The lowest BCUT2D eigenvalue weighted by Gasteiger charge is -2.45. The molecule has 0 radical (unpaired) electrons. The highest BCUT2D eigenvalue weighted by Gasteiger charge is 2.35. The molecule has 0 spiro atoms. The Morgan fingerprint density at radius 2 is 1.79 bits per heavy atom. The van der Waals surface area contributed by atoms with Crippen molar-refractivity contribution >= 4 is 5.97 Å². The second kappa shape index (κ2) is 11.1. The fourth-order valence-corrected chi connectivity index (χ4v) is 5.48. The van der Waals surface area contributed by atoms with Crippen LogP contribution in [0.3, 0.4) is 0 Å². The zero-order valence-corrected chi connectivity index (χ0v) is 20.5. The number of phenolic OH excluding ortho intramolecular Hbond substituents is 1. The molecule has 1 N–H and O–H groups in total. The Morgan fingerprint density at radius 3 is 2.50 bits per heavy atom. The summed E-state index contributed by atoms with van der Waals surface area (Å²) in [5, 5.41) is 10.2. The molecule has 7 nitrogen and oxygen atoms in total. The number of piperidine rings is 1. The van der Waals surface area contributed by atoms with Gasteiger partial charge in [-0.25, -0.2) is 0 Å². The fourth-order valence-electron chi connectivity index (χ4n) is 5.48. The summed E-state index contributed by atoms with van der Waals surface area (Å²) in [6, 6.07) is 12.1. The van der Waals surface area contributed by atoms with Crippen LogP contribution in [0.5, 0.6) is 17.2 Å². The van der Waals surface area contributed by atoms with Crippen LogP contribution in [0.4, 0.5) is 0 Å². The number of fused-ring (bicyclic) bond motifs is 1. The zero-order chi connectivity index (χ0) is 24.1. The molecule has 2 aliphatic heterocycles. The Labute approximate surface area is 202 Å². The van der Waals surface area contributed by atoms with Crippen LogP contribution < -0.4 is 9.47 Å². The number of carbonyl (C=O) groups excluding carboxylic acids is 1. The minimum atomic E-state index is -0.155. The smallest absolute Gasteiger partial charge is 0.305 e. The lowest BCUT2D eigenvalue weighted by atomic mass is 9.85. The summed E-state index contributed by atoms with van der Waals surface area (Å²) in [5.74, 6) is 2.08. The topological polar surface area (TPSA) is 71.5 Å². The lowest BCUT2D eigenvalue weighted by molar-refractivity contribution is -0.141. The Kier molecular flexibility index (Phi) is 7.95. The van der Waals surface area contributed by atoms with E-state index in [0.29, 0.717) is 30.7 Å². The molecule has 1 fully saturated rings. The average Bonchev–Trinajstić information content (AvgIpc) is 2.87. The SMILES string of the molecule is COC(=O)CC[C@H]1CN(Cc2ccccc2O)CC[C@H]1N1CCc2cc(OC)c(OC)cc2C1. The van der Waals surface area contributed by atoms with E-state index in [1.165, 1.54) is 18.2 Å². The van der Waals surface area contributed by atoms with E-state index in [9.17, 15) is 9.90 Å². The van der Waals surface area contributed by atoms with E-state index in [4.69, 9.17) is 14.2 Å². The number of hydrogen-bond donors (Lipinski definition) is 1. The van der Waals surface area contributed by atoms with Gasteiger partial charge >= 0.3 is 5.97 Å². The highest BCUT2D eigenvalue weighted by Crippen LogP contribution is 2.36. The van der Waals surface area contributed by atoms with Gasteiger partial charge < -0.3 is 19.3 Å². The zero-order valence-electron chi connectivity index (χ0n) is 20.5. The van der Waals surface area contributed by atoms with E-state index in [2.05, 4.69) is 21.9 Å². The summed E-state index contributed by atoms with van der Waals surface area (Å²) in [5.41, 5.74) is 3.55. The van der Waals surface area contributed by atoms with Crippen molar-refractivity contribution in [1.29, 1.82) is 0 Å². The molecule has 1 saturated heterocycles. The standard InChI is InChI=1S/C27H36N2O5/c1-32-25-14-19-10-13-29(18-22(19)15-26(25)33-2)23-11-12-28(16-20(23)8-9-27(31)34-3)17-21-6-4-5-7-24(21)30/h4-7,14-15,20,23,30H,8-13,16-18H2,1-3H3/t20-,23+/m0/s1. The molecule has 2 aromatic carbocycles. The van der Waals surface area contributed by atoms with Crippen molar-refractivity contribution in [3.63, 3.8) is 0 Å². The molecule has 0 saturated carbocycles. The van der Waals surface area contributed by atoms with Crippen molar-refractivity contribution in [2.75, 3.05) is 41.0 Å². The molecule has 0 aromatic heterocycles. The number of benzene rings is 2. The first-order chi connectivity index (χ1) is 16.5. The summed E-state index contributed by atoms with van der Waals surface area (Å²) < 4.78 is 16.0. The van der Waals surface area contributed by atoms with E-state index in [0.717, 1.165) is 62.5 Å². The normalized spacial score (nSPS) is 21.0. The number of likely N-dealkylation sites (tertiary alicyclic amines) is 1. The average molecular weight is 469 g/mol. The Bertz CT molecular complexity index is 995. The fraction of sp³-hybridized carbons (Fsp3) is 0.519. The molecule has 0 amide bonds. The number of carbonyl (C=O) groups is 1. The first-order valence-electron chi connectivity index (χ1n) is 12.1. The van der Waals surface area contributed by atoms with Crippen LogP contribution >= 0.6 is 0 Å². The molecule has 4 rings (SSSR count). The predicted molar refractivity (Wildman–Crippen MR) is 130 cm³/mol. The minimum absolute atomic E-state index is 0.155. The lowest BCUT2D eigenvalue weighted by Crippen LogP contribution is -2.52. The monoisotopic (exact) mass is 468 g/mol. The van der Waals surface area contributed by atoms with Gasteiger partial charge in [0.05, 0.1) is 21.3 Å². The molecule has 2 heterocycles. The largest absolute Gasteiger partial charge is 0.508 e. The van der Waals surface area contributed by atoms with Crippen molar-refractivity contribution in [2.45, 2.75) is 44.8 Å². The van der Waals surface area contributed by atoms with Crippen LogP contribution in [0.2, 0.25) is 0 Å². The van der Waals surface area contributed by atoms with E-state index in [1.807, 2.05) is 18.2 Å². The third-order valence-electron chi connectivity index (χ3n) is 7.33. The first kappa shape index (κ1) is 24.4. The second-order valence-corrected chi connectivity index (χ2v) is 9.29. The summed E-state index contributed by atoms with van der Waals surface area (Å²) in [7, 11) is 4.80. The van der Waals surface area contributed by atoms with E-state index >= 15 is 0 Å².